The van der Waals surface area contributed by atoms with Crippen molar-refractivity contribution in [1.82, 2.24) is 4.98 Å². The maximum absolute atomic E-state index is 6.05. The van der Waals surface area contributed by atoms with Crippen LogP contribution < -0.4 is 10.6 Å². The number of rotatable bonds is 2. The predicted octanol–water partition coefficient (Wildman–Crippen LogP) is 3.15. The standard InChI is InChI=1S/C15H19N3S/c1-2-11-10-18(8-9-19-11)14-6-5-13(16)12-4-3-7-17-15(12)14/h3-7,11H,2,8-10,16H2,1H3. The summed E-state index contributed by atoms with van der Waals surface area (Å²) in [7, 11) is 0. The third kappa shape index (κ3) is 2.37. The molecule has 0 amide bonds. The second kappa shape index (κ2) is 5.29. The van der Waals surface area contributed by atoms with Gasteiger partial charge in [0.25, 0.3) is 0 Å². The number of hydrogen-bond donors (Lipinski definition) is 1. The Labute approximate surface area is 118 Å². The number of thioether (sulfide) groups is 1. The fourth-order valence-electron chi connectivity index (χ4n) is 2.62. The molecule has 3 nitrogen and oxygen atoms in total. The number of nitrogens with zero attached hydrogens (tertiary/aromatic N) is 2. The molecular formula is C15H19N3S. The van der Waals surface area contributed by atoms with Gasteiger partial charge in [0.05, 0.1) is 11.2 Å². The molecule has 2 N–H and O–H groups in total. The van der Waals surface area contributed by atoms with Crippen molar-refractivity contribution in [3.63, 3.8) is 0 Å². The monoisotopic (exact) mass is 273 g/mol. The van der Waals surface area contributed by atoms with Crippen LogP contribution in [0.15, 0.2) is 30.5 Å². The molecule has 1 aromatic carbocycles. The minimum absolute atomic E-state index is 0.727. The number of nitrogen functional groups attached to an aromatic ring is 1. The summed E-state index contributed by atoms with van der Waals surface area (Å²) < 4.78 is 0. The van der Waals surface area contributed by atoms with Crippen molar-refractivity contribution in [2.75, 3.05) is 29.5 Å². The lowest BCUT2D eigenvalue weighted by Crippen LogP contribution is -2.37. The van der Waals surface area contributed by atoms with Crippen LogP contribution in [-0.4, -0.2) is 29.1 Å². The zero-order valence-corrected chi connectivity index (χ0v) is 12.0. The van der Waals surface area contributed by atoms with Crippen LogP contribution in [-0.2, 0) is 0 Å². The van der Waals surface area contributed by atoms with E-state index in [2.05, 4.69) is 40.7 Å². The highest BCUT2D eigenvalue weighted by molar-refractivity contribution is 8.00. The number of pyridine rings is 1. The average molecular weight is 273 g/mol. The van der Waals surface area contributed by atoms with Crippen LogP contribution in [0.25, 0.3) is 10.9 Å². The van der Waals surface area contributed by atoms with Gasteiger partial charge in [-0.3, -0.25) is 4.98 Å². The molecule has 0 spiro atoms. The Hall–Kier alpha value is -1.42. The summed E-state index contributed by atoms with van der Waals surface area (Å²) in [4.78, 5) is 7.00. The van der Waals surface area contributed by atoms with E-state index in [0.29, 0.717) is 0 Å². The lowest BCUT2D eigenvalue weighted by atomic mass is 10.1. The highest BCUT2D eigenvalue weighted by atomic mass is 32.2. The molecule has 0 saturated carbocycles. The first-order valence-corrected chi connectivity index (χ1v) is 7.84. The zero-order chi connectivity index (χ0) is 13.2. The van der Waals surface area contributed by atoms with Crippen LogP contribution in [0.4, 0.5) is 11.4 Å². The van der Waals surface area contributed by atoms with Gasteiger partial charge in [-0.2, -0.15) is 11.8 Å². The fourth-order valence-corrected chi connectivity index (χ4v) is 3.80. The van der Waals surface area contributed by atoms with E-state index in [4.69, 9.17) is 5.73 Å². The summed E-state index contributed by atoms with van der Waals surface area (Å²) in [5, 5.41) is 1.79. The van der Waals surface area contributed by atoms with Crippen LogP contribution >= 0.6 is 11.8 Å². The molecule has 1 saturated heterocycles. The van der Waals surface area contributed by atoms with Gasteiger partial charge in [-0.1, -0.05) is 6.92 Å². The van der Waals surface area contributed by atoms with Crippen molar-refractivity contribution in [2.24, 2.45) is 0 Å². The van der Waals surface area contributed by atoms with Crippen molar-refractivity contribution in [1.29, 1.82) is 0 Å². The molecule has 2 heterocycles. The minimum Gasteiger partial charge on any atom is -0.398 e. The maximum Gasteiger partial charge on any atom is 0.0955 e. The molecule has 1 unspecified atom stereocenters. The molecule has 3 rings (SSSR count). The molecule has 0 aliphatic carbocycles. The van der Waals surface area contributed by atoms with Crippen LogP contribution in [0.3, 0.4) is 0 Å². The van der Waals surface area contributed by atoms with Crippen molar-refractivity contribution < 1.29 is 0 Å². The van der Waals surface area contributed by atoms with Crippen molar-refractivity contribution in [3.05, 3.63) is 30.5 Å². The number of nitrogens with two attached hydrogens (primary N) is 1. The van der Waals surface area contributed by atoms with E-state index in [9.17, 15) is 0 Å². The summed E-state index contributed by atoms with van der Waals surface area (Å²) >= 11 is 2.08. The Morgan fingerprint density at radius 1 is 1.42 bits per heavy atom. The van der Waals surface area contributed by atoms with Gasteiger partial charge in [-0.25, -0.2) is 0 Å². The SMILES string of the molecule is CCC1CN(c2ccc(N)c3cccnc23)CCS1. The van der Waals surface area contributed by atoms with E-state index in [-0.39, 0.29) is 0 Å². The molecule has 0 radical (unpaired) electrons. The van der Waals surface area contributed by atoms with Crippen LogP contribution in [0.2, 0.25) is 0 Å². The van der Waals surface area contributed by atoms with Crippen LogP contribution in [0.5, 0.6) is 0 Å². The zero-order valence-electron chi connectivity index (χ0n) is 11.2. The Bertz CT molecular complexity index is 585. The number of fused-ring (bicyclic) bond motifs is 1. The highest BCUT2D eigenvalue weighted by Gasteiger charge is 2.21. The van der Waals surface area contributed by atoms with Crippen molar-refractivity contribution in [3.8, 4) is 0 Å². The van der Waals surface area contributed by atoms with Gasteiger partial charge in [-0.05, 0) is 30.7 Å². The summed E-state index contributed by atoms with van der Waals surface area (Å²) in [5.74, 6) is 1.19. The Kier molecular flexibility index (Phi) is 3.51. The summed E-state index contributed by atoms with van der Waals surface area (Å²) in [6.07, 6.45) is 3.07. The van der Waals surface area contributed by atoms with Gasteiger partial charge in [0.1, 0.15) is 0 Å². The second-order valence-electron chi connectivity index (χ2n) is 4.92. The summed E-state index contributed by atoms with van der Waals surface area (Å²) in [6, 6.07) is 8.12. The molecule has 1 aliphatic rings. The molecular weight excluding hydrogens is 254 g/mol. The van der Waals surface area contributed by atoms with Gasteiger partial charge in [0.15, 0.2) is 0 Å². The Morgan fingerprint density at radius 2 is 2.32 bits per heavy atom. The molecule has 100 valence electrons. The molecule has 1 aliphatic heterocycles. The Balaban J connectivity index is 2.03. The van der Waals surface area contributed by atoms with Crippen LogP contribution in [0, 0.1) is 0 Å². The summed E-state index contributed by atoms with van der Waals surface area (Å²) in [6.45, 7) is 4.47. The molecule has 1 fully saturated rings. The van der Waals surface area contributed by atoms with Crippen molar-refractivity contribution in [2.45, 2.75) is 18.6 Å². The van der Waals surface area contributed by atoms with Gasteiger partial charge >= 0.3 is 0 Å². The highest BCUT2D eigenvalue weighted by Crippen LogP contribution is 2.32. The molecule has 19 heavy (non-hydrogen) atoms. The average Bonchev–Trinajstić information content (AvgIpc) is 2.48. The lowest BCUT2D eigenvalue weighted by Gasteiger charge is -2.34. The van der Waals surface area contributed by atoms with E-state index in [0.717, 1.165) is 34.9 Å². The molecule has 2 aromatic rings. The van der Waals surface area contributed by atoms with Gasteiger partial charge in [-0.15, -0.1) is 0 Å². The van der Waals surface area contributed by atoms with E-state index in [1.165, 1.54) is 17.9 Å². The number of benzene rings is 1. The lowest BCUT2D eigenvalue weighted by molar-refractivity contribution is 0.730. The predicted molar refractivity (Wildman–Crippen MR) is 84.9 cm³/mol. The van der Waals surface area contributed by atoms with Gasteiger partial charge in [0, 0.05) is 41.4 Å². The van der Waals surface area contributed by atoms with Crippen LogP contribution in [0.1, 0.15) is 13.3 Å². The largest absolute Gasteiger partial charge is 0.398 e. The number of anilines is 2. The topological polar surface area (TPSA) is 42.1 Å². The maximum atomic E-state index is 6.05. The second-order valence-corrected chi connectivity index (χ2v) is 6.33. The Morgan fingerprint density at radius 3 is 3.16 bits per heavy atom. The van der Waals surface area contributed by atoms with E-state index >= 15 is 0 Å². The normalized spacial score (nSPS) is 19.8. The molecule has 1 aromatic heterocycles. The minimum atomic E-state index is 0.727. The molecule has 1 atom stereocenters. The smallest absolute Gasteiger partial charge is 0.0955 e. The number of hydrogen-bond acceptors (Lipinski definition) is 4. The van der Waals surface area contributed by atoms with E-state index in [1.54, 1.807) is 0 Å². The van der Waals surface area contributed by atoms with Gasteiger partial charge < -0.3 is 10.6 Å². The molecule has 0 bridgehead atoms. The summed E-state index contributed by atoms with van der Waals surface area (Å²) in [5.41, 5.74) is 9.11. The first-order chi connectivity index (χ1) is 9.29. The van der Waals surface area contributed by atoms with Crippen molar-refractivity contribution >= 4 is 34.0 Å². The van der Waals surface area contributed by atoms with Gasteiger partial charge in [0.2, 0.25) is 0 Å². The first kappa shape index (κ1) is 12.6. The van der Waals surface area contributed by atoms with E-state index in [1.807, 2.05) is 18.3 Å². The molecule has 4 heteroatoms. The van der Waals surface area contributed by atoms with E-state index < -0.39 is 0 Å². The third-order valence-corrected chi connectivity index (χ3v) is 5.09. The third-order valence-electron chi connectivity index (χ3n) is 3.72. The quantitative estimate of drug-likeness (QED) is 0.854. The fraction of sp³-hybridized carbons (Fsp3) is 0.400. The first-order valence-electron chi connectivity index (χ1n) is 6.79. The number of aromatic nitrogens is 1.